The Labute approximate surface area is 122 Å². The van der Waals surface area contributed by atoms with Gasteiger partial charge in [-0.3, -0.25) is 4.90 Å². The molecule has 1 aliphatic carbocycles. The van der Waals surface area contributed by atoms with Crippen LogP contribution in [0.15, 0.2) is 18.2 Å². The molecular weight excluding hydrogens is 248 g/mol. The molecule has 110 valence electrons. The number of piperazine rings is 1. The maximum Gasteiger partial charge on any atom is 0.0684 e. The van der Waals surface area contributed by atoms with E-state index in [1.165, 1.54) is 50.0 Å². The van der Waals surface area contributed by atoms with Crippen LogP contribution in [0.3, 0.4) is 0 Å². The van der Waals surface area contributed by atoms with Gasteiger partial charge in [0.1, 0.15) is 0 Å². The average molecular weight is 274 g/mol. The number of anilines is 1. The highest BCUT2D eigenvalue weighted by atomic mass is 16.3. The summed E-state index contributed by atoms with van der Waals surface area (Å²) in [6.45, 7) is 6.89. The molecule has 2 fully saturated rings. The van der Waals surface area contributed by atoms with Crippen molar-refractivity contribution in [3.63, 3.8) is 0 Å². The maximum atomic E-state index is 9.26. The molecule has 0 atom stereocenters. The predicted molar refractivity (Wildman–Crippen MR) is 83.1 cm³/mol. The van der Waals surface area contributed by atoms with Crippen molar-refractivity contribution in [3.05, 3.63) is 29.3 Å². The molecule has 1 saturated heterocycles. The van der Waals surface area contributed by atoms with Gasteiger partial charge in [-0.05, 0) is 43.0 Å². The Balaban J connectivity index is 1.61. The molecule has 0 bridgehead atoms. The Kier molecular flexibility index (Phi) is 4.27. The standard InChI is InChI=1S/C17H26N2O/c1-14-12-17(7-6-15(14)13-20)19-10-8-18(9-11-19)16-4-2-3-5-16/h6-7,12,16,20H,2-5,8-11,13H2,1H3. The molecule has 1 N–H and O–H groups in total. The van der Waals surface area contributed by atoms with E-state index in [1.54, 1.807) is 0 Å². The first-order chi connectivity index (χ1) is 9.78. The van der Waals surface area contributed by atoms with Crippen molar-refractivity contribution in [1.29, 1.82) is 0 Å². The first-order valence-electron chi connectivity index (χ1n) is 7.97. The van der Waals surface area contributed by atoms with Crippen LogP contribution < -0.4 is 4.90 Å². The van der Waals surface area contributed by atoms with Gasteiger partial charge in [0.05, 0.1) is 6.61 Å². The van der Waals surface area contributed by atoms with Gasteiger partial charge in [-0.15, -0.1) is 0 Å². The number of hydrogen-bond donors (Lipinski definition) is 1. The highest BCUT2D eigenvalue weighted by Crippen LogP contribution is 2.26. The van der Waals surface area contributed by atoms with E-state index in [2.05, 4.69) is 34.9 Å². The molecule has 0 aromatic heterocycles. The van der Waals surface area contributed by atoms with Crippen molar-refractivity contribution in [2.24, 2.45) is 0 Å². The monoisotopic (exact) mass is 274 g/mol. The van der Waals surface area contributed by atoms with E-state index in [4.69, 9.17) is 0 Å². The smallest absolute Gasteiger partial charge is 0.0684 e. The number of benzene rings is 1. The van der Waals surface area contributed by atoms with Crippen LogP contribution in [0.25, 0.3) is 0 Å². The molecule has 0 radical (unpaired) electrons. The second-order valence-electron chi connectivity index (χ2n) is 6.23. The minimum atomic E-state index is 0.140. The molecule has 3 rings (SSSR count). The second kappa shape index (κ2) is 6.15. The number of aryl methyl sites for hydroxylation is 1. The van der Waals surface area contributed by atoms with E-state index in [0.29, 0.717) is 0 Å². The van der Waals surface area contributed by atoms with Crippen LogP contribution in [-0.2, 0) is 6.61 Å². The lowest BCUT2D eigenvalue weighted by Gasteiger charge is -2.39. The zero-order valence-electron chi connectivity index (χ0n) is 12.5. The summed E-state index contributed by atoms with van der Waals surface area (Å²) in [4.78, 5) is 5.18. The minimum Gasteiger partial charge on any atom is -0.392 e. The normalized spacial score (nSPS) is 21.6. The number of hydrogen-bond acceptors (Lipinski definition) is 3. The molecular formula is C17H26N2O. The Morgan fingerprint density at radius 1 is 1.10 bits per heavy atom. The van der Waals surface area contributed by atoms with Crippen molar-refractivity contribution < 1.29 is 5.11 Å². The molecule has 0 spiro atoms. The third-order valence-electron chi connectivity index (χ3n) is 5.02. The summed E-state index contributed by atoms with van der Waals surface area (Å²) in [7, 11) is 0. The molecule has 3 nitrogen and oxygen atoms in total. The third kappa shape index (κ3) is 2.84. The lowest BCUT2D eigenvalue weighted by atomic mass is 10.1. The molecule has 3 heteroatoms. The van der Waals surface area contributed by atoms with Crippen LogP contribution in [0.1, 0.15) is 36.8 Å². The topological polar surface area (TPSA) is 26.7 Å². The van der Waals surface area contributed by atoms with Crippen LogP contribution in [0.5, 0.6) is 0 Å². The summed E-state index contributed by atoms with van der Waals surface area (Å²) in [6, 6.07) is 7.30. The van der Waals surface area contributed by atoms with Gasteiger partial charge in [0, 0.05) is 37.9 Å². The quantitative estimate of drug-likeness (QED) is 0.917. The number of aliphatic hydroxyl groups is 1. The fourth-order valence-corrected chi connectivity index (χ4v) is 3.67. The van der Waals surface area contributed by atoms with Crippen LogP contribution in [0.2, 0.25) is 0 Å². The van der Waals surface area contributed by atoms with E-state index in [-0.39, 0.29) is 6.61 Å². The van der Waals surface area contributed by atoms with Gasteiger partial charge >= 0.3 is 0 Å². The molecule has 1 saturated carbocycles. The fourth-order valence-electron chi connectivity index (χ4n) is 3.67. The van der Waals surface area contributed by atoms with Crippen LogP contribution in [-0.4, -0.2) is 42.2 Å². The lowest BCUT2D eigenvalue weighted by molar-refractivity contribution is 0.187. The van der Waals surface area contributed by atoms with Crippen molar-refractivity contribution >= 4 is 5.69 Å². The molecule has 1 aliphatic heterocycles. The van der Waals surface area contributed by atoms with Gasteiger partial charge in [0.25, 0.3) is 0 Å². The van der Waals surface area contributed by atoms with Crippen LogP contribution >= 0.6 is 0 Å². The highest BCUT2D eigenvalue weighted by Gasteiger charge is 2.26. The summed E-state index contributed by atoms with van der Waals surface area (Å²) in [5.74, 6) is 0. The van der Waals surface area contributed by atoms with Crippen molar-refractivity contribution in [3.8, 4) is 0 Å². The Morgan fingerprint density at radius 2 is 1.80 bits per heavy atom. The third-order valence-corrected chi connectivity index (χ3v) is 5.02. The molecule has 1 aromatic carbocycles. The van der Waals surface area contributed by atoms with E-state index in [0.717, 1.165) is 24.7 Å². The maximum absolute atomic E-state index is 9.26. The highest BCUT2D eigenvalue weighted by molar-refractivity contribution is 5.51. The van der Waals surface area contributed by atoms with Gasteiger partial charge in [-0.25, -0.2) is 0 Å². The van der Waals surface area contributed by atoms with E-state index in [1.807, 2.05) is 0 Å². The number of nitrogens with zero attached hydrogens (tertiary/aromatic N) is 2. The molecule has 0 amide bonds. The summed E-state index contributed by atoms with van der Waals surface area (Å²) in [5, 5.41) is 9.26. The SMILES string of the molecule is Cc1cc(N2CCN(C3CCCC3)CC2)ccc1CO. The zero-order chi connectivity index (χ0) is 13.9. The van der Waals surface area contributed by atoms with E-state index in [9.17, 15) is 5.11 Å². The van der Waals surface area contributed by atoms with Gasteiger partial charge in [0.2, 0.25) is 0 Å². The van der Waals surface area contributed by atoms with Gasteiger partial charge in [-0.2, -0.15) is 0 Å². The summed E-state index contributed by atoms with van der Waals surface area (Å²) < 4.78 is 0. The number of rotatable bonds is 3. The van der Waals surface area contributed by atoms with E-state index < -0.39 is 0 Å². The van der Waals surface area contributed by atoms with Gasteiger partial charge in [-0.1, -0.05) is 18.9 Å². The van der Waals surface area contributed by atoms with Gasteiger partial charge in [0.15, 0.2) is 0 Å². The molecule has 1 heterocycles. The number of aliphatic hydroxyl groups excluding tert-OH is 1. The van der Waals surface area contributed by atoms with Crippen LogP contribution in [0.4, 0.5) is 5.69 Å². The Hall–Kier alpha value is -1.06. The molecule has 20 heavy (non-hydrogen) atoms. The Bertz CT molecular complexity index is 446. The summed E-state index contributed by atoms with van der Waals surface area (Å²) >= 11 is 0. The first-order valence-corrected chi connectivity index (χ1v) is 7.97. The van der Waals surface area contributed by atoms with Crippen molar-refractivity contribution in [1.82, 2.24) is 4.90 Å². The molecule has 0 unspecified atom stereocenters. The summed E-state index contributed by atoms with van der Waals surface area (Å²) in [6.07, 6.45) is 5.66. The van der Waals surface area contributed by atoms with Crippen molar-refractivity contribution in [2.75, 3.05) is 31.1 Å². The average Bonchev–Trinajstić information content (AvgIpc) is 3.01. The fraction of sp³-hybridized carbons (Fsp3) is 0.647. The largest absolute Gasteiger partial charge is 0.392 e. The van der Waals surface area contributed by atoms with Gasteiger partial charge < -0.3 is 10.0 Å². The first kappa shape index (κ1) is 13.9. The molecule has 2 aliphatic rings. The predicted octanol–water partition coefficient (Wildman–Crippen LogP) is 2.55. The Morgan fingerprint density at radius 3 is 2.40 bits per heavy atom. The molecule has 1 aromatic rings. The summed E-state index contributed by atoms with van der Waals surface area (Å²) in [5.41, 5.74) is 3.55. The second-order valence-corrected chi connectivity index (χ2v) is 6.23. The van der Waals surface area contributed by atoms with Crippen LogP contribution in [0, 0.1) is 6.92 Å². The zero-order valence-corrected chi connectivity index (χ0v) is 12.5. The lowest BCUT2D eigenvalue weighted by Crippen LogP contribution is -2.49. The van der Waals surface area contributed by atoms with Crippen molar-refractivity contribution in [2.45, 2.75) is 45.3 Å². The van der Waals surface area contributed by atoms with E-state index >= 15 is 0 Å². The minimum absolute atomic E-state index is 0.140.